The summed E-state index contributed by atoms with van der Waals surface area (Å²) in [6.07, 6.45) is 1.36. The van der Waals surface area contributed by atoms with Crippen LogP contribution in [0.3, 0.4) is 0 Å². The predicted octanol–water partition coefficient (Wildman–Crippen LogP) is 3.84. The van der Waals surface area contributed by atoms with E-state index in [0.29, 0.717) is 10.9 Å². The Morgan fingerprint density at radius 1 is 1.05 bits per heavy atom. The van der Waals surface area contributed by atoms with Gasteiger partial charge in [0.25, 0.3) is 5.91 Å². The number of amides is 1. The number of aromatic nitrogens is 1. The van der Waals surface area contributed by atoms with E-state index in [4.69, 9.17) is 0 Å². The van der Waals surface area contributed by atoms with Gasteiger partial charge in [0, 0.05) is 17.1 Å². The number of para-hydroxylation sites is 1. The van der Waals surface area contributed by atoms with Crippen LogP contribution in [0.5, 0.6) is 0 Å². The van der Waals surface area contributed by atoms with Gasteiger partial charge in [-0.25, -0.2) is 13.2 Å². The van der Waals surface area contributed by atoms with Gasteiger partial charge in [-0.3, -0.25) is 4.79 Å². The number of H-pyrrole nitrogens is 1. The van der Waals surface area contributed by atoms with Crippen LogP contribution in [-0.2, 0) is 0 Å². The van der Waals surface area contributed by atoms with E-state index in [9.17, 15) is 18.0 Å². The number of benzene rings is 2. The van der Waals surface area contributed by atoms with E-state index >= 15 is 0 Å². The average Bonchev–Trinajstić information content (AvgIpc) is 2.85. The Morgan fingerprint density at radius 3 is 2.48 bits per heavy atom. The molecule has 6 heteroatoms. The van der Waals surface area contributed by atoms with Gasteiger partial charge in [-0.2, -0.15) is 0 Å². The second-order valence-corrected chi connectivity index (χ2v) is 4.44. The minimum atomic E-state index is -0.866. The van der Waals surface area contributed by atoms with Gasteiger partial charge in [-0.1, -0.05) is 6.07 Å². The van der Waals surface area contributed by atoms with E-state index in [1.54, 1.807) is 0 Å². The standard InChI is InChI=1S/C15H9F3N2O/c16-8-4-5-9-10(7-19-13(9)6-8)15(21)20-14-11(17)2-1-3-12(14)18/h1-7,19H,(H,20,21). The third kappa shape index (κ3) is 2.35. The molecule has 1 heterocycles. The molecule has 0 radical (unpaired) electrons. The molecule has 0 spiro atoms. The van der Waals surface area contributed by atoms with Gasteiger partial charge in [0.15, 0.2) is 0 Å². The van der Waals surface area contributed by atoms with E-state index in [1.807, 2.05) is 0 Å². The highest BCUT2D eigenvalue weighted by molar-refractivity contribution is 6.12. The molecule has 21 heavy (non-hydrogen) atoms. The number of hydrogen-bond acceptors (Lipinski definition) is 1. The van der Waals surface area contributed by atoms with Gasteiger partial charge in [0.2, 0.25) is 0 Å². The smallest absolute Gasteiger partial charge is 0.257 e. The fourth-order valence-corrected chi connectivity index (χ4v) is 2.08. The number of hydrogen-bond donors (Lipinski definition) is 2. The van der Waals surface area contributed by atoms with Crippen molar-refractivity contribution in [3.8, 4) is 0 Å². The molecule has 0 aliphatic rings. The lowest BCUT2D eigenvalue weighted by molar-refractivity contribution is 0.102. The molecule has 3 rings (SSSR count). The first-order chi connectivity index (χ1) is 10.1. The summed E-state index contributed by atoms with van der Waals surface area (Å²) in [7, 11) is 0. The van der Waals surface area contributed by atoms with Crippen LogP contribution in [0.25, 0.3) is 10.9 Å². The zero-order chi connectivity index (χ0) is 15.0. The summed E-state index contributed by atoms with van der Waals surface area (Å²) in [5.74, 6) is -2.86. The molecule has 1 amide bonds. The molecule has 106 valence electrons. The Hall–Kier alpha value is -2.76. The van der Waals surface area contributed by atoms with E-state index in [2.05, 4.69) is 10.3 Å². The molecule has 0 unspecified atom stereocenters. The first kappa shape index (κ1) is 13.2. The monoisotopic (exact) mass is 290 g/mol. The fourth-order valence-electron chi connectivity index (χ4n) is 2.08. The van der Waals surface area contributed by atoms with Gasteiger partial charge >= 0.3 is 0 Å². The zero-order valence-electron chi connectivity index (χ0n) is 10.6. The number of carbonyl (C=O) groups is 1. The van der Waals surface area contributed by atoms with Crippen molar-refractivity contribution in [2.45, 2.75) is 0 Å². The van der Waals surface area contributed by atoms with Crippen LogP contribution in [0.4, 0.5) is 18.9 Å². The average molecular weight is 290 g/mol. The van der Waals surface area contributed by atoms with Crippen molar-refractivity contribution in [2.24, 2.45) is 0 Å². The van der Waals surface area contributed by atoms with Crippen molar-refractivity contribution in [2.75, 3.05) is 5.32 Å². The summed E-state index contributed by atoms with van der Waals surface area (Å²) in [4.78, 5) is 14.9. The van der Waals surface area contributed by atoms with Crippen molar-refractivity contribution in [1.29, 1.82) is 0 Å². The highest BCUT2D eigenvalue weighted by atomic mass is 19.1. The van der Waals surface area contributed by atoms with Crippen LogP contribution in [0.1, 0.15) is 10.4 Å². The highest BCUT2D eigenvalue weighted by Crippen LogP contribution is 2.23. The predicted molar refractivity (Wildman–Crippen MR) is 72.6 cm³/mol. The molecule has 2 N–H and O–H groups in total. The third-order valence-electron chi connectivity index (χ3n) is 3.09. The summed E-state index contributed by atoms with van der Waals surface area (Å²) >= 11 is 0. The van der Waals surface area contributed by atoms with Crippen LogP contribution in [0, 0.1) is 17.5 Å². The lowest BCUT2D eigenvalue weighted by Crippen LogP contribution is -2.13. The largest absolute Gasteiger partial charge is 0.360 e. The lowest BCUT2D eigenvalue weighted by atomic mass is 10.1. The normalized spacial score (nSPS) is 10.8. The van der Waals surface area contributed by atoms with E-state index in [1.165, 1.54) is 30.5 Å². The Labute approximate surface area is 117 Å². The molecule has 1 aromatic heterocycles. The molecular formula is C15H9F3N2O. The molecule has 0 bridgehead atoms. The van der Waals surface area contributed by atoms with E-state index < -0.39 is 29.0 Å². The summed E-state index contributed by atoms with van der Waals surface area (Å²) in [6.45, 7) is 0. The molecule has 3 aromatic rings. The molecule has 0 atom stereocenters. The second kappa shape index (κ2) is 4.97. The number of rotatable bonds is 2. The van der Waals surface area contributed by atoms with E-state index in [-0.39, 0.29) is 5.56 Å². The number of anilines is 1. The van der Waals surface area contributed by atoms with Crippen molar-refractivity contribution in [3.05, 3.63) is 65.6 Å². The molecule has 2 aromatic carbocycles. The maximum Gasteiger partial charge on any atom is 0.257 e. The number of halogens is 3. The SMILES string of the molecule is O=C(Nc1c(F)cccc1F)c1c[nH]c2cc(F)ccc12. The number of aromatic amines is 1. The number of carbonyl (C=O) groups excluding carboxylic acids is 1. The van der Waals surface area contributed by atoms with Crippen molar-refractivity contribution in [1.82, 2.24) is 4.98 Å². The first-order valence-corrected chi connectivity index (χ1v) is 6.08. The summed E-state index contributed by atoms with van der Waals surface area (Å²) < 4.78 is 40.1. The Morgan fingerprint density at radius 2 is 1.76 bits per heavy atom. The van der Waals surface area contributed by atoms with Crippen LogP contribution < -0.4 is 5.32 Å². The molecule has 0 saturated heterocycles. The quantitative estimate of drug-likeness (QED) is 0.740. The van der Waals surface area contributed by atoms with Crippen LogP contribution in [0.2, 0.25) is 0 Å². The Bertz CT molecular complexity index is 822. The maximum absolute atomic E-state index is 13.5. The van der Waals surface area contributed by atoms with Crippen LogP contribution in [0.15, 0.2) is 42.6 Å². The fraction of sp³-hybridized carbons (Fsp3) is 0. The van der Waals surface area contributed by atoms with Gasteiger partial charge in [0.1, 0.15) is 23.1 Å². The van der Waals surface area contributed by atoms with Gasteiger partial charge in [-0.15, -0.1) is 0 Å². The van der Waals surface area contributed by atoms with Gasteiger partial charge < -0.3 is 10.3 Å². The first-order valence-electron chi connectivity index (χ1n) is 6.08. The second-order valence-electron chi connectivity index (χ2n) is 4.44. The molecule has 0 aliphatic carbocycles. The van der Waals surface area contributed by atoms with Crippen molar-refractivity contribution < 1.29 is 18.0 Å². The Balaban J connectivity index is 1.98. The van der Waals surface area contributed by atoms with Gasteiger partial charge in [0.05, 0.1) is 5.56 Å². The van der Waals surface area contributed by atoms with Crippen LogP contribution >= 0.6 is 0 Å². The minimum Gasteiger partial charge on any atom is -0.360 e. The lowest BCUT2D eigenvalue weighted by Gasteiger charge is -2.06. The highest BCUT2D eigenvalue weighted by Gasteiger charge is 2.16. The molecule has 0 fully saturated rings. The molecule has 0 aliphatic heterocycles. The topological polar surface area (TPSA) is 44.9 Å². The molecule has 3 nitrogen and oxygen atoms in total. The summed E-state index contributed by atoms with van der Waals surface area (Å²) in [5.41, 5.74) is 0.0840. The zero-order valence-corrected chi connectivity index (χ0v) is 10.6. The number of nitrogens with one attached hydrogen (secondary N) is 2. The molecule has 0 saturated carbocycles. The maximum atomic E-state index is 13.5. The minimum absolute atomic E-state index is 0.174. The van der Waals surface area contributed by atoms with Crippen molar-refractivity contribution >= 4 is 22.5 Å². The van der Waals surface area contributed by atoms with E-state index in [0.717, 1.165) is 12.1 Å². The Kier molecular flexibility index (Phi) is 3.13. The summed E-state index contributed by atoms with van der Waals surface area (Å²) in [6, 6.07) is 7.15. The van der Waals surface area contributed by atoms with Crippen LogP contribution in [-0.4, -0.2) is 10.9 Å². The third-order valence-corrected chi connectivity index (χ3v) is 3.09. The summed E-state index contributed by atoms with van der Waals surface area (Å²) in [5, 5.41) is 2.65. The molecular weight excluding hydrogens is 281 g/mol. The van der Waals surface area contributed by atoms with Crippen molar-refractivity contribution in [3.63, 3.8) is 0 Å². The number of fused-ring (bicyclic) bond motifs is 1. The van der Waals surface area contributed by atoms with Gasteiger partial charge in [-0.05, 0) is 30.3 Å².